The van der Waals surface area contributed by atoms with Crippen LogP contribution in [-0.2, 0) is 4.79 Å². The molecule has 4 nitrogen and oxygen atoms in total. The number of hydrogen-bond donors (Lipinski definition) is 1. The van der Waals surface area contributed by atoms with Crippen molar-refractivity contribution in [1.82, 2.24) is 9.80 Å². The molecule has 0 spiro atoms. The monoisotopic (exact) mass is 225 g/mol. The third-order valence-corrected chi connectivity index (χ3v) is 4.07. The molecule has 2 fully saturated rings. The van der Waals surface area contributed by atoms with Crippen LogP contribution < -0.4 is 5.73 Å². The van der Waals surface area contributed by atoms with E-state index in [2.05, 4.69) is 11.9 Å². The lowest BCUT2D eigenvalue weighted by Gasteiger charge is -2.25. The molecule has 0 bridgehead atoms. The normalized spacial score (nSPS) is 28.1. The van der Waals surface area contributed by atoms with Crippen LogP contribution in [0.2, 0.25) is 0 Å². The number of rotatable bonds is 4. The summed E-state index contributed by atoms with van der Waals surface area (Å²) in [6.07, 6.45) is 3.18. The maximum absolute atomic E-state index is 12.2. The van der Waals surface area contributed by atoms with Gasteiger partial charge in [0.1, 0.15) is 0 Å². The summed E-state index contributed by atoms with van der Waals surface area (Å²) < 4.78 is 0. The predicted molar refractivity (Wildman–Crippen MR) is 64.0 cm³/mol. The van der Waals surface area contributed by atoms with Crippen LogP contribution in [0.25, 0.3) is 0 Å². The van der Waals surface area contributed by atoms with Gasteiger partial charge in [-0.25, -0.2) is 0 Å². The highest BCUT2D eigenvalue weighted by atomic mass is 16.2. The number of hydrogen-bond acceptors (Lipinski definition) is 3. The zero-order valence-electron chi connectivity index (χ0n) is 10.4. The average molecular weight is 225 g/mol. The molecule has 4 heteroatoms. The maximum atomic E-state index is 12.2. The summed E-state index contributed by atoms with van der Waals surface area (Å²) in [6, 6.07) is 0. The van der Waals surface area contributed by atoms with E-state index in [4.69, 9.17) is 5.73 Å². The molecule has 1 saturated heterocycles. The van der Waals surface area contributed by atoms with Gasteiger partial charge in [-0.3, -0.25) is 4.79 Å². The summed E-state index contributed by atoms with van der Waals surface area (Å²) in [6.45, 7) is 3.69. The first-order valence-corrected chi connectivity index (χ1v) is 6.21. The van der Waals surface area contributed by atoms with Gasteiger partial charge < -0.3 is 15.5 Å². The molecule has 0 aromatic carbocycles. The van der Waals surface area contributed by atoms with Crippen LogP contribution in [0.5, 0.6) is 0 Å². The van der Waals surface area contributed by atoms with Gasteiger partial charge in [-0.1, -0.05) is 0 Å². The number of nitrogens with two attached hydrogens (primary N) is 1. The maximum Gasteiger partial charge on any atom is 0.229 e. The fourth-order valence-electron chi connectivity index (χ4n) is 2.71. The highest BCUT2D eigenvalue weighted by Gasteiger charge is 2.50. The third-order valence-electron chi connectivity index (χ3n) is 4.07. The van der Waals surface area contributed by atoms with E-state index in [0.29, 0.717) is 12.5 Å². The number of amides is 1. The second-order valence-electron chi connectivity index (χ2n) is 5.59. The molecule has 0 aromatic heterocycles. The molecule has 2 N–H and O–H groups in total. The van der Waals surface area contributed by atoms with Crippen molar-refractivity contribution in [1.29, 1.82) is 0 Å². The van der Waals surface area contributed by atoms with Gasteiger partial charge in [-0.15, -0.1) is 0 Å². The Bertz CT molecular complexity index is 275. The third kappa shape index (κ3) is 2.23. The Labute approximate surface area is 97.8 Å². The van der Waals surface area contributed by atoms with Gasteiger partial charge in [0, 0.05) is 26.7 Å². The molecule has 2 rings (SSSR count). The average Bonchev–Trinajstić information content (AvgIpc) is 2.97. The van der Waals surface area contributed by atoms with Crippen molar-refractivity contribution >= 4 is 5.91 Å². The van der Waals surface area contributed by atoms with Crippen molar-refractivity contribution in [2.24, 2.45) is 17.1 Å². The van der Waals surface area contributed by atoms with E-state index in [1.165, 1.54) is 6.42 Å². The largest absolute Gasteiger partial charge is 0.345 e. The highest BCUT2D eigenvalue weighted by molar-refractivity contribution is 5.85. The summed E-state index contributed by atoms with van der Waals surface area (Å²) in [4.78, 5) is 16.4. The van der Waals surface area contributed by atoms with Crippen molar-refractivity contribution in [3.63, 3.8) is 0 Å². The summed E-state index contributed by atoms with van der Waals surface area (Å²) in [7, 11) is 4.07. The van der Waals surface area contributed by atoms with E-state index < -0.39 is 0 Å². The smallest absolute Gasteiger partial charge is 0.229 e. The number of nitrogens with zero attached hydrogens (tertiary/aromatic N) is 2. The fraction of sp³-hybridized carbons (Fsp3) is 0.917. The van der Waals surface area contributed by atoms with Gasteiger partial charge in [0.2, 0.25) is 5.91 Å². The minimum Gasteiger partial charge on any atom is -0.345 e. The molecule has 1 aliphatic heterocycles. The second kappa shape index (κ2) is 4.34. The summed E-state index contributed by atoms with van der Waals surface area (Å²) in [5, 5.41) is 0. The molecule has 92 valence electrons. The minimum atomic E-state index is -0.181. The van der Waals surface area contributed by atoms with Crippen molar-refractivity contribution in [3.8, 4) is 0 Å². The van der Waals surface area contributed by atoms with E-state index in [1.54, 1.807) is 0 Å². The van der Waals surface area contributed by atoms with Crippen molar-refractivity contribution in [3.05, 3.63) is 0 Å². The summed E-state index contributed by atoms with van der Waals surface area (Å²) in [5.74, 6) is 0.914. The Kier molecular flexibility index (Phi) is 3.22. The molecule has 2 aliphatic rings. The van der Waals surface area contributed by atoms with Crippen LogP contribution in [-0.4, -0.2) is 56.0 Å². The molecule has 16 heavy (non-hydrogen) atoms. The lowest BCUT2D eigenvalue weighted by Crippen LogP contribution is -2.40. The standard InChI is InChI=1S/C12H23N3O/c1-14-6-3-10(7-14)8-15(2)11(16)12(9-13)4-5-12/h10H,3-9,13H2,1-2H3. The first kappa shape index (κ1) is 11.9. The van der Waals surface area contributed by atoms with Crippen LogP contribution >= 0.6 is 0 Å². The van der Waals surface area contributed by atoms with Crippen molar-refractivity contribution in [2.75, 3.05) is 40.3 Å². The molecule has 1 heterocycles. The zero-order valence-corrected chi connectivity index (χ0v) is 10.4. The zero-order chi connectivity index (χ0) is 11.8. The van der Waals surface area contributed by atoms with Crippen LogP contribution in [0.3, 0.4) is 0 Å². The molecule has 0 radical (unpaired) electrons. The van der Waals surface area contributed by atoms with Crippen LogP contribution in [0, 0.1) is 11.3 Å². The molecule has 0 aromatic rings. The summed E-state index contributed by atoms with van der Waals surface area (Å²) in [5.41, 5.74) is 5.50. The van der Waals surface area contributed by atoms with Gasteiger partial charge in [0.15, 0.2) is 0 Å². The lowest BCUT2D eigenvalue weighted by atomic mass is 10.0. The molecular weight excluding hydrogens is 202 g/mol. The molecule has 1 atom stereocenters. The lowest BCUT2D eigenvalue weighted by molar-refractivity contribution is -0.135. The van der Waals surface area contributed by atoms with E-state index >= 15 is 0 Å². The Balaban J connectivity index is 1.84. The van der Waals surface area contributed by atoms with Gasteiger partial charge in [-0.2, -0.15) is 0 Å². The van der Waals surface area contributed by atoms with Gasteiger partial charge in [0.05, 0.1) is 5.41 Å². The Hall–Kier alpha value is -0.610. The minimum absolute atomic E-state index is 0.181. The Morgan fingerprint density at radius 2 is 2.25 bits per heavy atom. The van der Waals surface area contributed by atoms with E-state index in [-0.39, 0.29) is 11.3 Å². The molecule has 1 amide bonds. The van der Waals surface area contributed by atoms with Gasteiger partial charge >= 0.3 is 0 Å². The summed E-state index contributed by atoms with van der Waals surface area (Å²) >= 11 is 0. The predicted octanol–water partition coefficient (Wildman–Crippen LogP) is 0.135. The molecule has 1 aliphatic carbocycles. The number of carbonyl (C=O) groups excluding carboxylic acids is 1. The van der Waals surface area contributed by atoms with E-state index in [1.807, 2.05) is 11.9 Å². The SMILES string of the molecule is CN1CCC(CN(C)C(=O)C2(CN)CC2)C1. The van der Waals surface area contributed by atoms with E-state index in [0.717, 1.165) is 32.5 Å². The van der Waals surface area contributed by atoms with Crippen LogP contribution in [0.1, 0.15) is 19.3 Å². The van der Waals surface area contributed by atoms with Crippen LogP contribution in [0.15, 0.2) is 0 Å². The highest BCUT2D eigenvalue weighted by Crippen LogP contribution is 2.46. The Morgan fingerprint density at radius 3 is 2.69 bits per heavy atom. The molecule has 1 unspecified atom stereocenters. The van der Waals surface area contributed by atoms with E-state index in [9.17, 15) is 4.79 Å². The van der Waals surface area contributed by atoms with Crippen molar-refractivity contribution in [2.45, 2.75) is 19.3 Å². The Morgan fingerprint density at radius 1 is 1.56 bits per heavy atom. The number of likely N-dealkylation sites (tertiary alicyclic amines) is 1. The number of carbonyl (C=O) groups is 1. The first-order valence-electron chi connectivity index (χ1n) is 6.21. The van der Waals surface area contributed by atoms with Gasteiger partial charge in [0.25, 0.3) is 0 Å². The van der Waals surface area contributed by atoms with Crippen molar-refractivity contribution < 1.29 is 4.79 Å². The fourth-order valence-corrected chi connectivity index (χ4v) is 2.71. The van der Waals surface area contributed by atoms with Crippen LogP contribution in [0.4, 0.5) is 0 Å². The quantitative estimate of drug-likeness (QED) is 0.740. The topological polar surface area (TPSA) is 49.6 Å². The molecule has 1 saturated carbocycles. The first-order chi connectivity index (χ1) is 7.57. The van der Waals surface area contributed by atoms with Gasteiger partial charge in [-0.05, 0) is 38.8 Å². The second-order valence-corrected chi connectivity index (χ2v) is 5.59. The molecular formula is C12H23N3O.